The smallest absolute Gasteiger partial charge is 0.220 e. The van der Waals surface area contributed by atoms with E-state index >= 15 is 0 Å². The minimum atomic E-state index is 0.413. The van der Waals surface area contributed by atoms with E-state index < -0.39 is 0 Å². The Morgan fingerprint density at radius 2 is 2.33 bits per heavy atom. The van der Waals surface area contributed by atoms with E-state index in [0.717, 1.165) is 25.3 Å². The Morgan fingerprint density at radius 1 is 1.40 bits per heavy atom. The molecule has 3 N–H and O–H groups in total. The Kier molecular flexibility index (Phi) is 2.09. The van der Waals surface area contributed by atoms with Gasteiger partial charge in [-0.15, -0.1) is 0 Å². The Bertz CT molecular complexity index is 377. The number of nitrogens with one attached hydrogen (secondary N) is 1. The molecule has 4 nitrogen and oxygen atoms in total. The lowest BCUT2D eigenvalue weighted by Gasteiger charge is -2.36. The molecule has 15 heavy (non-hydrogen) atoms. The fourth-order valence-corrected chi connectivity index (χ4v) is 2.79. The van der Waals surface area contributed by atoms with Crippen LogP contribution in [-0.2, 0) is 12.8 Å². The zero-order valence-corrected chi connectivity index (χ0v) is 8.74. The van der Waals surface area contributed by atoms with E-state index in [1.54, 1.807) is 0 Å². The van der Waals surface area contributed by atoms with Crippen LogP contribution in [-0.4, -0.2) is 22.6 Å². The highest BCUT2D eigenvalue weighted by Crippen LogP contribution is 2.29. The third-order valence-corrected chi connectivity index (χ3v) is 3.60. The average Bonchev–Trinajstić information content (AvgIpc) is 2.26. The molecule has 0 spiro atoms. The van der Waals surface area contributed by atoms with Gasteiger partial charge in [0, 0.05) is 17.9 Å². The highest BCUT2D eigenvalue weighted by Gasteiger charge is 2.31. The molecule has 4 heteroatoms. The van der Waals surface area contributed by atoms with Crippen LogP contribution in [0, 0.1) is 5.92 Å². The summed E-state index contributed by atoms with van der Waals surface area (Å²) >= 11 is 0. The number of aromatic nitrogens is 2. The van der Waals surface area contributed by atoms with Crippen LogP contribution in [0.1, 0.15) is 24.1 Å². The quantitative estimate of drug-likeness (QED) is 0.647. The van der Waals surface area contributed by atoms with Crippen molar-refractivity contribution in [3.63, 3.8) is 0 Å². The Morgan fingerprint density at radius 3 is 3.27 bits per heavy atom. The van der Waals surface area contributed by atoms with E-state index in [2.05, 4.69) is 15.3 Å². The molecular weight excluding hydrogens is 188 g/mol. The van der Waals surface area contributed by atoms with E-state index in [-0.39, 0.29) is 0 Å². The van der Waals surface area contributed by atoms with Crippen molar-refractivity contribution in [3.05, 3.63) is 17.5 Å². The van der Waals surface area contributed by atoms with Crippen LogP contribution in [0.25, 0.3) is 0 Å². The van der Waals surface area contributed by atoms with E-state index in [4.69, 9.17) is 5.73 Å². The topological polar surface area (TPSA) is 63.8 Å². The van der Waals surface area contributed by atoms with E-state index in [9.17, 15) is 0 Å². The third kappa shape index (κ3) is 1.59. The number of nitrogens with zero attached hydrogens (tertiary/aromatic N) is 2. The minimum Gasteiger partial charge on any atom is -0.368 e. The SMILES string of the molecule is Nc1ncc2c(n1)C[C@H]1CCCN[C@@H]1C2. The fourth-order valence-electron chi connectivity index (χ4n) is 2.79. The summed E-state index contributed by atoms with van der Waals surface area (Å²) in [6.07, 6.45) is 6.64. The normalized spacial score (nSPS) is 29.3. The molecule has 1 fully saturated rings. The summed E-state index contributed by atoms with van der Waals surface area (Å²) in [6.45, 7) is 1.16. The van der Waals surface area contributed by atoms with Crippen molar-refractivity contribution in [2.45, 2.75) is 31.7 Å². The Balaban J connectivity index is 1.92. The van der Waals surface area contributed by atoms with Crippen LogP contribution < -0.4 is 11.1 Å². The predicted octanol–water partition coefficient (Wildman–Crippen LogP) is 0.526. The van der Waals surface area contributed by atoms with Gasteiger partial charge in [0.25, 0.3) is 0 Å². The maximum atomic E-state index is 5.61. The van der Waals surface area contributed by atoms with Gasteiger partial charge in [-0.2, -0.15) is 0 Å². The van der Waals surface area contributed by atoms with Crippen molar-refractivity contribution in [3.8, 4) is 0 Å². The first-order valence-electron chi connectivity index (χ1n) is 5.66. The standard InChI is InChI=1S/C11H16N4/c12-11-14-6-8-5-9-7(2-1-3-13-9)4-10(8)15-11/h6-7,9,13H,1-5H2,(H2,12,14,15)/t7-,9-/m1/s1. The first-order chi connectivity index (χ1) is 7.33. The minimum absolute atomic E-state index is 0.413. The van der Waals surface area contributed by atoms with Crippen molar-refractivity contribution in [2.24, 2.45) is 5.92 Å². The largest absolute Gasteiger partial charge is 0.368 e. The number of fused-ring (bicyclic) bond motifs is 2. The van der Waals surface area contributed by atoms with Crippen LogP contribution in [0.15, 0.2) is 6.20 Å². The molecule has 1 aliphatic heterocycles. The third-order valence-electron chi connectivity index (χ3n) is 3.60. The van der Waals surface area contributed by atoms with E-state index in [1.165, 1.54) is 24.1 Å². The van der Waals surface area contributed by atoms with Crippen LogP contribution in [0.3, 0.4) is 0 Å². The molecule has 2 heterocycles. The number of hydrogen-bond donors (Lipinski definition) is 2. The molecule has 0 saturated carbocycles. The maximum absolute atomic E-state index is 5.61. The molecule has 2 aliphatic rings. The molecule has 2 atom stereocenters. The Labute approximate surface area is 89.3 Å². The molecule has 3 rings (SSSR count). The molecule has 0 radical (unpaired) electrons. The van der Waals surface area contributed by atoms with Crippen molar-refractivity contribution in [2.75, 3.05) is 12.3 Å². The van der Waals surface area contributed by atoms with Gasteiger partial charge < -0.3 is 11.1 Å². The molecule has 1 aliphatic carbocycles. The van der Waals surface area contributed by atoms with Crippen LogP contribution in [0.4, 0.5) is 5.95 Å². The van der Waals surface area contributed by atoms with Crippen molar-refractivity contribution < 1.29 is 0 Å². The second kappa shape index (κ2) is 3.45. The molecule has 0 bridgehead atoms. The second-order valence-electron chi connectivity index (χ2n) is 4.57. The number of piperidine rings is 1. The summed E-state index contributed by atoms with van der Waals surface area (Å²) in [5.74, 6) is 1.16. The average molecular weight is 204 g/mol. The van der Waals surface area contributed by atoms with Gasteiger partial charge in [0.05, 0.1) is 0 Å². The molecule has 1 aromatic rings. The van der Waals surface area contributed by atoms with Gasteiger partial charge in [-0.3, -0.25) is 0 Å². The molecule has 0 amide bonds. The molecule has 0 aromatic carbocycles. The molecule has 1 saturated heterocycles. The van der Waals surface area contributed by atoms with Crippen molar-refractivity contribution in [1.29, 1.82) is 0 Å². The van der Waals surface area contributed by atoms with Gasteiger partial charge in [0.1, 0.15) is 0 Å². The predicted molar refractivity (Wildman–Crippen MR) is 58.4 cm³/mol. The van der Waals surface area contributed by atoms with Gasteiger partial charge in [-0.05, 0) is 43.7 Å². The highest BCUT2D eigenvalue weighted by molar-refractivity contribution is 5.29. The Hall–Kier alpha value is -1.16. The lowest BCUT2D eigenvalue weighted by Crippen LogP contribution is -2.46. The highest BCUT2D eigenvalue weighted by atomic mass is 15.0. The summed E-state index contributed by atoms with van der Waals surface area (Å²) in [5.41, 5.74) is 8.06. The number of anilines is 1. The number of nitrogen functional groups attached to an aromatic ring is 1. The number of nitrogens with two attached hydrogens (primary N) is 1. The van der Waals surface area contributed by atoms with Gasteiger partial charge in [-0.1, -0.05) is 0 Å². The lowest BCUT2D eigenvalue weighted by molar-refractivity contribution is 0.260. The zero-order chi connectivity index (χ0) is 10.3. The first-order valence-corrected chi connectivity index (χ1v) is 5.66. The van der Waals surface area contributed by atoms with Gasteiger partial charge in [-0.25, -0.2) is 9.97 Å². The second-order valence-corrected chi connectivity index (χ2v) is 4.57. The van der Waals surface area contributed by atoms with E-state index in [0.29, 0.717) is 12.0 Å². The van der Waals surface area contributed by atoms with Crippen LogP contribution in [0.5, 0.6) is 0 Å². The summed E-state index contributed by atoms with van der Waals surface area (Å²) in [4.78, 5) is 8.41. The first kappa shape index (κ1) is 9.09. The lowest BCUT2D eigenvalue weighted by atomic mass is 9.78. The number of hydrogen-bond acceptors (Lipinski definition) is 4. The van der Waals surface area contributed by atoms with Gasteiger partial charge in [0.15, 0.2) is 0 Å². The van der Waals surface area contributed by atoms with E-state index in [1.807, 2.05) is 6.20 Å². The maximum Gasteiger partial charge on any atom is 0.220 e. The van der Waals surface area contributed by atoms with Gasteiger partial charge in [0.2, 0.25) is 5.95 Å². The molecule has 80 valence electrons. The summed E-state index contributed by atoms with van der Waals surface area (Å²) in [7, 11) is 0. The van der Waals surface area contributed by atoms with Crippen molar-refractivity contribution in [1.82, 2.24) is 15.3 Å². The summed E-state index contributed by atoms with van der Waals surface area (Å²) in [6, 6.07) is 0.637. The summed E-state index contributed by atoms with van der Waals surface area (Å²) < 4.78 is 0. The monoisotopic (exact) mass is 204 g/mol. The van der Waals surface area contributed by atoms with Crippen LogP contribution in [0.2, 0.25) is 0 Å². The number of rotatable bonds is 0. The van der Waals surface area contributed by atoms with Gasteiger partial charge >= 0.3 is 0 Å². The molecule has 1 aromatic heterocycles. The van der Waals surface area contributed by atoms with Crippen LogP contribution >= 0.6 is 0 Å². The molecular formula is C11H16N4. The fraction of sp³-hybridized carbons (Fsp3) is 0.636. The summed E-state index contributed by atoms with van der Waals surface area (Å²) in [5, 5.41) is 3.59. The zero-order valence-electron chi connectivity index (χ0n) is 8.74. The van der Waals surface area contributed by atoms with Crippen molar-refractivity contribution >= 4 is 5.95 Å². The molecule has 0 unspecified atom stereocenters.